The first kappa shape index (κ1) is 42.9. The number of fused-ring (bicyclic) bond motifs is 11. The number of benzene rings is 9. The molecular formula is C64H44N5OPt-3. The fraction of sp³-hybridized carbons (Fsp3) is 0.0625. The quantitative estimate of drug-likeness (QED) is 0.156. The van der Waals surface area contributed by atoms with E-state index in [-0.39, 0.29) is 26.5 Å². The molecule has 0 fully saturated rings. The fourth-order valence-corrected chi connectivity index (χ4v) is 10.9. The van der Waals surface area contributed by atoms with Crippen molar-refractivity contribution in [3.05, 3.63) is 231 Å². The van der Waals surface area contributed by atoms with Crippen LogP contribution in [0.15, 0.2) is 206 Å². The Morgan fingerprint density at radius 2 is 1.06 bits per heavy atom. The number of hydrogen-bond donors (Lipinski definition) is 0. The molecule has 5 heterocycles. The van der Waals surface area contributed by atoms with Crippen LogP contribution in [0.3, 0.4) is 0 Å². The molecule has 4 aromatic heterocycles. The van der Waals surface area contributed by atoms with Crippen LogP contribution in [-0.2, 0) is 26.5 Å². The summed E-state index contributed by atoms with van der Waals surface area (Å²) in [5.74, 6) is 1.17. The van der Waals surface area contributed by atoms with Crippen LogP contribution in [0.1, 0.15) is 26.3 Å². The van der Waals surface area contributed by atoms with Crippen LogP contribution in [-0.4, -0.2) is 13.8 Å². The van der Waals surface area contributed by atoms with E-state index in [2.05, 4.69) is 234 Å². The Labute approximate surface area is 425 Å². The number of ether oxygens (including phenoxy) is 1. The molecule has 0 saturated heterocycles. The zero-order chi connectivity index (χ0) is 46.7. The predicted octanol–water partition coefficient (Wildman–Crippen LogP) is 16.8. The molecule has 71 heavy (non-hydrogen) atoms. The van der Waals surface area contributed by atoms with Crippen molar-refractivity contribution >= 4 is 88.3 Å². The van der Waals surface area contributed by atoms with Crippen molar-refractivity contribution in [3.8, 4) is 33.8 Å². The average molecular weight is 1090 g/mol. The summed E-state index contributed by atoms with van der Waals surface area (Å²) in [5.41, 5.74) is 16.2. The molecule has 7 heteroatoms. The Bertz CT molecular complexity index is 4190. The van der Waals surface area contributed by atoms with Gasteiger partial charge in [-0.2, -0.15) is 12.1 Å². The molecule has 13 aromatic rings. The maximum absolute atomic E-state index is 6.82. The van der Waals surface area contributed by atoms with E-state index in [4.69, 9.17) is 9.72 Å². The van der Waals surface area contributed by atoms with Gasteiger partial charge in [0.05, 0.1) is 22.1 Å². The minimum Gasteiger partial charge on any atom is -0.509 e. The molecule has 0 bridgehead atoms. The molecule has 344 valence electrons. The number of para-hydroxylation sites is 5. The largest absolute Gasteiger partial charge is 0.509 e. The summed E-state index contributed by atoms with van der Waals surface area (Å²) in [6.45, 7) is 9.07. The number of anilines is 4. The molecule has 0 saturated carbocycles. The van der Waals surface area contributed by atoms with Gasteiger partial charge in [0, 0.05) is 88.5 Å². The summed E-state index contributed by atoms with van der Waals surface area (Å²) in [6.07, 6.45) is 1.89. The van der Waals surface area contributed by atoms with Gasteiger partial charge in [-0.15, -0.1) is 48.1 Å². The van der Waals surface area contributed by atoms with E-state index < -0.39 is 0 Å². The minimum absolute atomic E-state index is 0. The average Bonchev–Trinajstić information content (AvgIpc) is 4.06. The van der Waals surface area contributed by atoms with Crippen LogP contribution in [0.25, 0.3) is 87.8 Å². The number of rotatable bonds is 6. The molecule has 0 atom stereocenters. The first-order valence-corrected chi connectivity index (χ1v) is 23.9. The first-order valence-electron chi connectivity index (χ1n) is 23.9. The molecule has 0 N–H and O–H groups in total. The van der Waals surface area contributed by atoms with Gasteiger partial charge < -0.3 is 23.3 Å². The standard InChI is InChI=1S/C64H44N5O.Pt/c1-64(2,3)43-36-53(41-18-6-4-7-19-41)60(54(37-43)42-20-8-5-9-21-42)67-40-66(56-30-12-13-31-57(56)67)44-22-14-23-45(38-44)70-46-33-34-48-50-27-16-32-58-62(50)69(59(48)39-46)63-52(28-17-35-65-63)51-26-15-25-49-47-24-10-11-29-55(47)68(58)61(49)51;/h4-37,40H,1-3H3;/q-3;. The second-order valence-electron chi connectivity index (χ2n) is 19.3. The third-order valence-electron chi connectivity index (χ3n) is 14.1. The molecule has 6 nitrogen and oxygen atoms in total. The van der Waals surface area contributed by atoms with E-state index in [1.165, 1.54) is 33.0 Å². The molecule has 0 radical (unpaired) electrons. The number of nitrogens with zero attached hydrogens (tertiary/aromatic N) is 5. The van der Waals surface area contributed by atoms with Crippen molar-refractivity contribution in [1.29, 1.82) is 0 Å². The van der Waals surface area contributed by atoms with E-state index in [1.807, 2.05) is 30.5 Å². The molecule has 14 rings (SSSR count). The van der Waals surface area contributed by atoms with Gasteiger partial charge in [0.2, 0.25) is 0 Å². The monoisotopic (exact) mass is 1090 g/mol. The summed E-state index contributed by atoms with van der Waals surface area (Å²) in [6, 6.07) is 78.7. The Balaban J connectivity index is 0.00000492. The van der Waals surface area contributed by atoms with E-state index >= 15 is 0 Å². The van der Waals surface area contributed by atoms with Crippen LogP contribution in [0.2, 0.25) is 0 Å². The normalized spacial score (nSPS) is 12.8. The molecular weight excluding hydrogens is 1050 g/mol. The smallest absolute Gasteiger partial charge is 0.143 e. The van der Waals surface area contributed by atoms with Crippen LogP contribution >= 0.6 is 0 Å². The van der Waals surface area contributed by atoms with Gasteiger partial charge in [0.25, 0.3) is 0 Å². The molecule has 0 spiro atoms. The van der Waals surface area contributed by atoms with Gasteiger partial charge in [0.1, 0.15) is 5.65 Å². The van der Waals surface area contributed by atoms with Crippen molar-refractivity contribution in [2.24, 2.45) is 0 Å². The van der Waals surface area contributed by atoms with Crippen LogP contribution in [0.5, 0.6) is 11.5 Å². The van der Waals surface area contributed by atoms with Crippen molar-refractivity contribution in [2.75, 3.05) is 9.80 Å². The summed E-state index contributed by atoms with van der Waals surface area (Å²) in [4.78, 5) is 9.70. The molecule has 1 aliphatic rings. The van der Waals surface area contributed by atoms with Crippen LogP contribution < -0.4 is 14.5 Å². The van der Waals surface area contributed by atoms with Crippen molar-refractivity contribution in [3.63, 3.8) is 0 Å². The van der Waals surface area contributed by atoms with Crippen molar-refractivity contribution < 1.29 is 25.8 Å². The van der Waals surface area contributed by atoms with E-state index in [0.29, 0.717) is 11.5 Å². The van der Waals surface area contributed by atoms with E-state index in [1.54, 1.807) is 0 Å². The fourth-order valence-electron chi connectivity index (χ4n) is 10.9. The first-order chi connectivity index (χ1) is 34.4. The topological polar surface area (TPSA) is 37.4 Å². The molecule has 1 aliphatic heterocycles. The Morgan fingerprint density at radius 1 is 0.479 bits per heavy atom. The molecule has 0 aliphatic carbocycles. The third-order valence-corrected chi connectivity index (χ3v) is 14.1. The Kier molecular flexibility index (Phi) is 9.95. The Morgan fingerprint density at radius 3 is 1.79 bits per heavy atom. The summed E-state index contributed by atoms with van der Waals surface area (Å²) < 4.78 is 11.5. The number of aromatic nitrogens is 3. The zero-order valence-corrected chi connectivity index (χ0v) is 41.4. The van der Waals surface area contributed by atoms with Gasteiger partial charge in [-0.1, -0.05) is 148 Å². The molecule has 9 aromatic carbocycles. The Hall–Kier alpha value is -8.18. The van der Waals surface area contributed by atoms with Crippen LogP contribution in [0.4, 0.5) is 22.7 Å². The number of hydrogen-bond acceptors (Lipinski definition) is 4. The second-order valence-corrected chi connectivity index (χ2v) is 19.3. The van der Waals surface area contributed by atoms with Gasteiger partial charge in [-0.3, -0.25) is 0 Å². The second kappa shape index (κ2) is 16.5. The van der Waals surface area contributed by atoms with Crippen LogP contribution in [0, 0.1) is 18.8 Å². The zero-order valence-electron chi connectivity index (χ0n) is 39.2. The van der Waals surface area contributed by atoms with Gasteiger partial charge in [-0.05, 0) is 76.0 Å². The SMILES string of the molecule is CC(C)(C)c1cc(-c2ccccc2)c(N2[CH-]N(c3[c-]c(Oc4[c-]c5c(cc4)c4cccc6c4n5c4ncccc4c4cccc5c7ccccc7n6c54)ccc3)c3ccccc32)c(-c2ccccc2)c1.[Pt]. The molecule has 0 unspecified atom stereocenters. The summed E-state index contributed by atoms with van der Waals surface area (Å²) in [5, 5.41) is 6.82. The van der Waals surface area contributed by atoms with Gasteiger partial charge in [0.15, 0.2) is 0 Å². The van der Waals surface area contributed by atoms with Crippen molar-refractivity contribution in [2.45, 2.75) is 26.2 Å². The third kappa shape index (κ3) is 6.69. The molecule has 0 amide bonds. The summed E-state index contributed by atoms with van der Waals surface area (Å²) in [7, 11) is 0. The summed E-state index contributed by atoms with van der Waals surface area (Å²) >= 11 is 0. The minimum atomic E-state index is -0.0754. The van der Waals surface area contributed by atoms with E-state index in [9.17, 15) is 0 Å². The number of pyridine rings is 1. The van der Waals surface area contributed by atoms with Gasteiger partial charge in [-0.25, -0.2) is 4.98 Å². The van der Waals surface area contributed by atoms with E-state index in [0.717, 1.165) is 83.1 Å². The maximum Gasteiger partial charge on any atom is 0.143 e. The van der Waals surface area contributed by atoms with Crippen molar-refractivity contribution in [1.82, 2.24) is 13.8 Å². The van der Waals surface area contributed by atoms with Gasteiger partial charge >= 0.3 is 0 Å². The predicted molar refractivity (Wildman–Crippen MR) is 289 cm³/mol. The maximum atomic E-state index is 6.82.